The average Bonchev–Trinajstić information content (AvgIpc) is 1.61. The van der Waals surface area contributed by atoms with Gasteiger partial charge in [0.2, 0.25) is 0 Å². The van der Waals surface area contributed by atoms with E-state index in [0.717, 1.165) is 0 Å². The molecular weight excluding hydrogens is 144 g/mol. The van der Waals surface area contributed by atoms with E-state index in [1.807, 2.05) is 0 Å². The van der Waals surface area contributed by atoms with Gasteiger partial charge in [0.05, 0.1) is 5.75 Å². The van der Waals surface area contributed by atoms with Gasteiger partial charge in [-0.1, -0.05) is 12.2 Å². The largest absolute Gasteiger partial charge is 0.481 e. The molecule has 0 aromatic heterocycles. The van der Waals surface area contributed by atoms with Crippen LogP contribution in [0.1, 0.15) is 6.92 Å². The zero-order valence-electron chi connectivity index (χ0n) is 4.38. The van der Waals surface area contributed by atoms with E-state index in [0.29, 0.717) is 4.20 Å². The molecule has 1 N–H and O–H groups in total. The fourth-order valence-corrected chi connectivity index (χ4v) is 0.667. The van der Waals surface area contributed by atoms with E-state index in [-0.39, 0.29) is 5.75 Å². The summed E-state index contributed by atoms with van der Waals surface area (Å²) in [5, 5.41) is 8.08. The summed E-state index contributed by atoms with van der Waals surface area (Å²) in [5.74, 6) is -0.741. The van der Waals surface area contributed by atoms with E-state index in [1.54, 1.807) is 6.92 Å². The third kappa shape index (κ3) is 5.91. The normalized spacial score (nSPS) is 8.62. The quantitative estimate of drug-likeness (QED) is 0.599. The monoisotopic (exact) mass is 150 g/mol. The van der Waals surface area contributed by atoms with Crippen LogP contribution in [0.15, 0.2) is 0 Å². The van der Waals surface area contributed by atoms with Crippen molar-refractivity contribution in [3.63, 3.8) is 0 Å². The van der Waals surface area contributed by atoms with E-state index >= 15 is 0 Å². The first-order valence-corrected chi connectivity index (χ1v) is 3.37. The molecule has 0 aliphatic carbocycles. The second-order valence-corrected chi connectivity index (χ2v) is 3.23. The molecule has 0 aliphatic heterocycles. The fourth-order valence-electron chi connectivity index (χ4n) is 0.163. The van der Waals surface area contributed by atoms with Crippen LogP contribution in [-0.4, -0.2) is 21.0 Å². The van der Waals surface area contributed by atoms with Gasteiger partial charge in [-0.25, -0.2) is 0 Å². The molecule has 0 unspecified atom stereocenters. The molecule has 0 amide bonds. The Balaban J connectivity index is 3.18. The average molecular weight is 150 g/mol. The van der Waals surface area contributed by atoms with Gasteiger partial charge in [-0.2, -0.15) is 0 Å². The Morgan fingerprint density at radius 3 is 2.50 bits per heavy atom. The minimum atomic E-state index is -0.820. The number of carboxylic acids is 1. The topological polar surface area (TPSA) is 37.3 Å². The second-order valence-electron chi connectivity index (χ2n) is 1.17. The van der Waals surface area contributed by atoms with E-state index in [1.165, 1.54) is 11.8 Å². The number of aliphatic carboxylic acids is 1. The summed E-state index contributed by atoms with van der Waals surface area (Å²) in [4.78, 5) is 9.82. The van der Waals surface area contributed by atoms with Crippen molar-refractivity contribution in [3.05, 3.63) is 0 Å². The third-order valence-corrected chi connectivity index (χ3v) is 1.55. The third-order valence-electron chi connectivity index (χ3n) is 0.399. The lowest BCUT2D eigenvalue weighted by Gasteiger charge is -1.88. The number of carboxylic acid groups (broad SMARTS) is 1. The molecule has 0 heterocycles. The van der Waals surface area contributed by atoms with Crippen LogP contribution < -0.4 is 0 Å². The zero-order chi connectivity index (χ0) is 6.57. The van der Waals surface area contributed by atoms with Crippen LogP contribution in [0.5, 0.6) is 0 Å². The molecule has 0 bridgehead atoms. The highest BCUT2D eigenvalue weighted by Gasteiger charge is 1.95. The van der Waals surface area contributed by atoms with Gasteiger partial charge in [0, 0.05) is 4.20 Å². The van der Waals surface area contributed by atoms with Crippen LogP contribution in [0.2, 0.25) is 0 Å². The molecule has 8 heavy (non-hydrogen) atoms. The smallest absolute Gasteiger partial charge is 0.313 e. The molecule has 46 valence electrons. The lowest BCUT2D eigenvalue weighted by Crippen LogP contribution is -1.98. The number of hydrogen-bond donors (Lipinski definition) is 1. The highest BCUT2D eigenvalue weighted by molar-refractivity contribution is 8.23. The van der Waals surface area contributed by atoms with Gasteiger partial charge in [-0.05, 0) is 6.92 Å². The van der Waals surface area contributed by atoms with Crippen LogP contribution in [-0.2, 0) is 4.79 Å². The highest BCUT2D eigenvalue weighted by atomic mass is 32.2. The second kappa shape index (κ2) is 3.86. The van der Waals surface area contributed by atoms with Crippen LogP contribution in [0.25, 0.3) is 0 Å². The van der Waals surface area contributed by atoms with Gasteiger partial charge in [0.1, 0.15) is 0 Å². The van der Waals surface area contributed by atoms with Crippen molar-refractivity contribution in [2.45, 2.75) is 6.92 Å². The summed E-state index contributed by atoms with van der Waals surface area (Å²) in [6.45, 7) is 1.71. The molecule has 0 fully saturated rings. The molecule has 2 nitrogen and oxygen atoms in total. The number of rotatable bonds is 2. The van der Waals surface area contributed by atoms with Crippen LogP contribution in [0, 0.1) is 0 Å². The summed E-state index contributed by atoms with van der Waals surface area (Å²) in [5.41, 5.74) is 0. The number of carbonyl (C=O) groups is 1. The summed E-state index contributed by atoms with van der Waals surface area (Å²) >= 11 is 5.78. The van der Waals surface area contributed by atoms with Crippen molar-refractivity contribution in [1.82, 2.24) is 0 Å². The maximum Gasteiger partial charge on any atom is 0.313 e. The molecule has 0 saturated heterocycles. The molecule has 0 rings (SSSR count). The molecule has 0 saturated carbocycles. The standard InChI is InChI=1S/C4H6O2S2/c1-3(7)8-2-4(5)6/h2H2,1H3,(H,5,6). The summed E-state index contributed by atoms with van der Waals surface area (Å²) in [6.07, 6.45) is 0. The summed E-state index contributed by atoms with van der Waals surface area (Å²) < 4.78 is 0.674. The lowest BCUT2D eigenvalue weighted by molar-refractivity contribution is -0.133. The summed E-state index contributed by atoms with van der Waals surface area (Å²) in [6, 6.07) is 0. The molecule has 0 spiro atoms. The Bertz CT molecular complexity index is 96.6. The first-order valence-electron chi connectivity index (χ1n) is 1.98. The number of thioether (sulfide) groups is 1. The highest BCUT2D eigenvalue weighted by Crippen LogP contribution is 2.01. The SMILES string of the molecule is CC(=S)SCC(=O)O. The zero-order valence-corrected chi connectivity index (χ0v) is 6.01. The molecule has 0 radical (unpaired) electrons. The molecule has 4 heteroatoms. The van der Waals surface area contributed by atoms with Crippen molar-refractivity contribution in [1.29, 1.82) is 0 Å². The van der Waals surface area contributed by atoms with Crippen molar-refractivity contribution >= 4 is 34.1 Å². The Morgan fingerprint density at radius 2 is 2.38 bits per heavy atom. The van der Waals surface area contributed by atoms with Crippen LogP contribution in [0.3, 0.4) is 0 Å². The molecule has 0 aromatic rings. The Hall–Kier alpha value is -0.0900. The van der Waals surface area contributed by atoms with Gasteiger partial charge in [-0.15, -0.1) is 11.8 Å². The molecule has 0 aliphatic rings. The van der Waals surface area contributed by atoms with Gasteiger partial charge < -0.3 is 5.11 Å². The minimum Gasteiger partial charge on any atom is -0.481 e. The van der Waals surface area contributed by atoms with Crippen molar-refractivity contribution in [3.8, 4) is 0 Å². The first-order chi connectivity index (χ1) is 3.63. The molecule has 0 aromatic carbocycles. The van der Waals surface area contributed by atoms with Crippen molar-refractivity contribution < 1.29 is 9.90 Å². The van der Waals surface area contributed by atoms with E-state index in [4.69, 9.17) is 5.11 Å². The Kier molecular flexibility index (Phi) is 3.81. The van der Waals surface area contributed by atoms with E-state index in [2.05, 4.69) is 12.2 Å². The predicted octanol–water partition coefficient (Wildman–Crippen LogP) is 1.15. The Morgan fingerprint density at radius 1 is 1.88 bits per heavy atom. The van der Waals surface area contributed by atoms with Gasteiger partial charge in [0.25, 0.3) is 0 Å². The van der Waals surface area contributed by atoms with Crippen molar-refractivity contribution in [2.24, 2.45) is 0 Å². The molecular formula is C4H6O2S2. The maximum atomic E-state index is 9.82. The fraction of sp³-hybridized carbons (Fsp3) is 0.500. The van der Waals surface area contributed by atoms with Crippen LogP contribution in [0.4, 0.5) is 0 Å². The summed E-state index contributed by atoms with van der Waals surface area (Å²) in [7, 11) is 0. The minimum absolute atomic E-state index is 0.0787. The van der Waals surface area contributed by atoms with Gasteiger partial charge >= 0.3 is 5.97 Å². The maximum absolute atomic E-state index is 9.82. The Labute approximate surface area is 57.3 Å². The first kappa shape index (κ1) is 7.91. The van der Waals surface area contributed by atoms with Crippen molar-refractivity contribution in [2.75, 3.05) is 5.75 Å². The van der Waals surface area contributed by atoms with Crippen LogP contribution >= 0.6 is 24.0 Å². The predicted molar refractivity (Wildman–Crippen MR) is 38.4 cm³/mol. The lowest BCUT2D eigenvalue weighted by atomic mass is 10.8. The van der Waals surface area contributed by atoms with Gasteiger partial charge in [0.15, 0.2) is 0 Å². The van der Waals surface area contributed by atoms with E-state index < -0.39 is 5.97 Å². The number of thiocarbonyl (C=S) groups is 1. The van der Waals surface area contributed by atoms with Gasteiger partial charge in [-0.3, -0.25) is 4.79 Å². The number of hydrogen-bond acceptors (Lipinski definition) is 3. The molecule has 0 atom stereocenters. The van der Waals surface area contributed by atoms with E-state index in [9.17, 15) is 4.79 Å².